The molecule has 0 aliphatic carbocycles. The molecule has 0 spiro atoms. The van der Waals surface area contributed by atoms with Crippen molar-refractivity contribution in [3.63, 3.8) is 0 Å². The number of amides is 1. The maximum atomic E-state index is 12.7. The Kier molecular flexibility index (Phi) is 5.79. The van der Waals surface area contributed by atoms with Crippen LogP contribution in [-0.2, 0) is 14.8 Å². The van der Waals surface area contributed by atoms with Crippen molar-refractivity contribution >= 4 is 33.2 Å². The third-order valence-corrected chi connectivity index (χ3v) is 6.30. The zero-order chi connectivity index (χ0) is 17.9. The summed E-state index contributed by atoms with van der Waals surface area (Å²) in [4.78, 5) is 21.7. The molecule has 132 valence electrons. The Morgan fingerprint density at radius 2 is 2.04 bits per heavy atom. The van der Waals surface area contributed by atoms with Crippen molar-refractivity contribution in [3.05, 3.63) is 33.3 Å². The van der Waals surface area contributed by atoms with Gasteiger partial charge in [0.1, 0.15) is 4.90 Å². The Hall–Kier alpha value is -1.71. The summed E-state index contributed by atoms with van der Waals surface area (Å²) >= 11 is 5.93. The van der Waals surface area contributed by atoms with Crippen molar-refractivity contribution < 1.29 is 18.1 Å². The highest BCUT2D eigenvalue weighted by Crippen LogP contribution is 2.31. The molecule has 2 rings (SSSR count). The second kappa shape index (κ2) is 7.45. The lowest BCUT2D eigenvalue weighted by Crippen LogP contribution is -2.43. The first-order chi connectivity index (χ1) is 11.3. The van der Waals surface area contributed by atoms with Gasteiger partial charge in [-0.1, -0.05) is 11.6 Å². The summed E-state index contributed by atoms with van der Waals surface area (Å²) in [6.45, 7) is 2.69. The molecule has 8 nitrogen and oxygen atoms in total. The molecule has 0 unspecified atom stereocenters. The number of benzene rings is 1. The summed E-state index contributed by atoms with van der Waals surface area (Å²) < 4.78 is 26.6. The Labute approximate surface area is 145 Å². The molecule has 1 fully saturated rings. The van der Waals surface area contributed by atoms with Crippen LogP contribution >= 0.6 is 11.6 Å². The number of nitro benzene ring substituents is 1. The number of nitrogens with zero attached hydrogens (tertiary/aromatic N) is 2. The Morgan fingerprint density at radius 1 is 1.42 bits per heavy atom. The van der Waals surface area contributed by atoms with E-state index in [1.165, 1.54) is 10.4 Å². The highest BCUT2D eigenvalue weighted by molar-refractivity contribution is 7.89. The molecule has 0 radical (unpaired) electrons. The van der Waals surface area contributed by atoms with Crippen LogP contribution in [0.25, 0.3) is 0 Å². The fraction of sp³-hybridized carbons (Fsp3) is 0.500. The van der Waals surface area contributed by atoms with Crippen LogP contribution < -0.4 is 5.32 Å². The van der Waals surface area contributed by atoms with Gasteiger partial charge in [0.25, 0.3) is 5.69 Å². The second-order valence-electron chi connectivity index (χ2n) is 5.44. The summed E-state index contributed by atoms with van der Waals surface area (Å²) in [6, 6.07) is 3.32. The monoisotopic (exact) mass is 375 g/mol. The fourth-order valence-corrected chi connectivity index (χ4v) is 4.58. The van der Waals surface area contributed by atoms with E-state index < -0.39 is 14.9 Å². The molecule has 0 bridgehead atoms. The van der Waals surface area contributed by atoms with Crippen LogP contribution in [0.3, 0.4) is 0 Å². The lowest BCUT2D eigenvalue weighted by atomic mass is 9.97. The molecule has 1 amide bonds. The van der Waals surface area contributed by atoms with Crippen LogP contribution in [0.5, 0.6) is 0 Å². The predicted molar refractivity (Wildman–Crippen MR) is 88.3 cm³/mol. The van der Waals surface area contributed by atoms with Gasteiger partial charge in [-0.05, 0) is 25.8 Å². The average Bonchev–Trinajstić information content (AvgIpc) is 2.55. The number of nitrogens with one attached hydrogen (secondary N) is 1. The van der Waals surface area contributed by atoms with Crippen LogP contribution in [0.4, 0.5) is 5.69 Å². The fourth-order valence-electron chi connectivity index (χ4n) is 2.62. The molecule has 1 saturated heterocycles. The van der Waals surface area contributed by atoms with Crippen molar-refractivity contribution in [1.82, 2.24) is 9.62 Å². The van der Waals surface area contributed by atoms with Gasteiger partial charge in [-0.3, -0.25) is 14.9 Å². The summed E-state index contributed by atoms with van der Waals surface area (Å²) in [5, 5.41) is 13.5. The second-order valence-corrected chi connectivity index (χ2v) is 7.76. The smallest absolute Gasteiger partial charge is 0.270 e. The van der Waals surface area contributed by atoms with E-state index >= 15 is 0 Å². The van der Waals surface area contributed by atoms with Gasteiger partial charge in [-0.15, -0.1) is 0 Å². The van der Waals surface area contributed by atoms with Crippen molar-refractivity contribution in [1.29, 1.82) is 0 Å². The molecule has 1 aliphatic rings. The van der Waals surface area contributed by atoms with Crippen molar-refractivity contribution in [2.75, 3.05) is 19.6 Å². The molecular weight excluding hydrogens is 358 g/mol. The summed E-state index contributed by atoms with van der Waals surface area (Å²) in [5.74, 6) is -0.306. The lowest BCUT2D eigenvalue weighted by Gasteiger charge is -2.30. The van der Waals surface area contributed by atoms with Crippen molar-refractivity contribution in [3.8, 4) is 0 Å². The van der Waals surface area contributed by atoms with Gasteiger partial charge in [0.2, 0.25) is 15.9 Å². The summed E-state index contributed by atoms with van der Waals surface area (Å²) in [5.41, 5.74) is -0.338. The van der Waals surface area contributed by atoms with E-state index in [0.717, 1.165) is 12.1 Å². The molecule has 1 N–H and O–H groups in total. The Morgan fingerprint density at radius 3 is 2.58 bits per heavy atom. The highest BCUT2D eigenvalue weighted by atomic mass is 35.5. The first-order valence-electron chi connectivity index (χ1n) is 7.49. The molecule has 0 saturated carbocycles. The zero-order valence-corrected chi connectivity index (χ0v) is 14.6. The standard InChI is InChI=1S/C14H18ClN3O5S/c1-2-16-14(19)10-5-7-17(8-6-10)24(22,23)13-9-11(18(20)21)3-4-12(13)15/h3-4,9-10H,2,5-8H2,1H3,(H,16,19). The molecule has 1 heterocycles. The first-order valence-corrected chi connectivity index (χ1v) is 9.31. The molecule has 1 aromatic carbocycles. The Bertz CT molecular complexity index is 745. The van der Waals surface area contributed by atoms with Gasteiger partial charge in [-0.2, -0.15) is 4.31 Å². The normalized spacial score (nSPS) is 16.8. The van der Waals surface area contributed by atoms with Crippen LogP contribution in [0.2, 0.25) is 5.02 Å². The number of carbonyl (C=O) groups is 1. The van der Waals surface area contributed by atoms with Gasteiger partial charge in [0, 0.05) is 37.7 Å². The summed E-state index contributed by atoms with van der Waals surface area (Å²) in [7, 11) is -3.94. The largest absolute Gasteiger partial charge is 0.356 e. The van der Waals surface area contributed by atoms with Crippen molar-refractivity contribution in [2.45, 2.75) is 24.7 Å². The molecule has 24 heavy (non-hydrogen) atoms. The quantitative estimate of drug-likeness (QED) is 0.623. The number of hydrogen-bond donors (Lipinski definition) is 1. The van der Waals surface area contributed by atoms with E-state index in [1.54, 1.807) is 0 Å². The van der Waals surface area contributed by atoms with Crippen LogP contribution in [0.15, 0.2) is 23.1 Å². The van der Waals surface area contributed by atoms with Crippen LogP contribution in [0, 0.1) is 16.0 Å². The third-order valence-electron chi connectivity index (χ3n) is 3.92. The SMILES string of the molecule is CCNC(=O)C1CCN(S(=O)(=O)c2cc([N+](=O)[O-])ccc2Cl)CC1. The average molecular weight is 376 g/mol. The molecular formula is C14H18ClN3O5S. The first kappa shape index (κ1) is 18.6. The molecule has 0 atom stereocenters. The number of sulfonamides is 1. The zero-order valence-electron chi connectivity index (χ0n) is 13.1. The highest BCUT2D eigenvalue weighted by Gasteiger charge is 2.33. The third kappa shape index (κ3) is 3.85. The van der Waals surface area contributed by atoms with E-state index in [0.29, 0.717) is 19.4 Å². The van der Waals surface area contributed by atoms with E-state index in [-0.39, 0.29) is 40.5 Å². The van der Waals surface area contributed by atoms with Gasteiger partial charge >= 0.3 is 0 Å². The molecule has 10 heteroatoms. The topological polar surface area (TPSA) is 110 Å². The number of non-ortho nitro benzene ring substituents is 1. The maximum absolute atomic E-state index is 12.7. The molecule has 1 aliphatic heterocycles. The lowest BCUT2D eigenvalue weighted by molar-refractivity contribution is -0.385. The van der Waals surface area contributed by atoms with Crippen molar-refractivity contribution in [2.24, 2.45) is 5.92 Å². The van der Waals surface area contributed by atoms with Crippen LogP contribution in [0.1, 0.15) is 19.8 Å². The number of carbonyl (C=O) groups excluding carboxylic acids is 1. The van der Waals surface area contributed by atoms with Crippen LogP contribution in [-0.4, -0.2) is 43.2 Å². The minimum absolute atomic E-state index is 0.0635. The maximum Gasteiger partial charge on any atom is 0.270 e. The number of rotatable bonds is 5. The number of nitro groups is 1. The molecule has 0 aromatic heterocycles. The van der Waals surface area contributed by atoms with Gasteiger partial charge in [0.15, 0.2) is 0 Å². The number of hydrogen-bond acceptors (Lipinski definition) is 5. The summed E-state index contributed by atoms with van der Waals surface area (Å²) in [6.07, 6.45) is 0.801. The number of halogens is 1. The Balaban J connectivity index is 2.19. The minimum Gasteiger partial charge on any atom is -0.356 e. The predicted octanol–water partition coefficient (Wildman–Crippen LogP) is 1.78. The van der Waals surface area contributed by atoms with E-state index in [9.17, 15) is 23.3 Å². The number of piperidine rings is 1. The van der Waals surface area contributed by atoms with Gasteiger partial charge in [0.05, 0.1) is 9.95 Å². The molecule has 1 aromatic rings. The van der Waals surface area contributed by atoms with Gasteiger partial charge < -0.3 is 5.32 Å². The van der Waals surface area contributed by atoms with E-state index in [2.05, 4.69) is 5.32 Å². The minimum atomic E-state index is -3.94. The van der Waals surface area contributed by atoms with E-state index in [4.69, 9.17) is 11.6 Å². The van der Waals surface area contributed by atoms with Gasteiger partial charge in [-0.25, -0.2) is 8.42 Å². The van der Waals surface area contributed by atoms with E-state index in [1.807, 2.05) is 6.92 Å².